The standard InChI is InChI=1S/C19H20O3/c20-13-19-17(21)12-18(22-19)16-10-8-15(9-11-16)7-6-14-4-2-1-3-5-14/h1-11,17-21H,12-13H2/b7-6+/t17?,18?,19-/m1/s1. The SMILES string of the molecule is OC[C@H]1OC(c2ccc(/C=C/c3ccccc3)cc2)CC1O. The summed E-state index contributed by atoms with van der Waals surface area (Å²) in [5.74, 6) is 0. The van der Waals surface area contributed by atoms with E-state index in [1.54, 1.807) is 0 Å². The minimum atomic E-state index is -0.590. The van der Waals surface area contributed by atoms with Crippen molar-refractivity contribution in [3.05, 3.63) is 71.3 Å². The molecule has 0 bridgehead atoms. The molecule has 0 amide bonds. The van der Waals surface area contributed by atoms with Crippen LogP contribution in [0.4, 0.5) is 0 Å². The number of aliphatic hydroxyl groups excluding tert-OH is 2. The lowest BCUT2D eigenvalue weighted by Gasteiger charge is -2.12. The van der Waals surface area contributed by atoms with E-state index >= 15 is 0 Å². The van der Waals surface area contributed by atoms with Crippen molar-refractivity contribution in [1.29, 1.82) is 0 Å². The Labute approximate surface area is 130 Å². The van der Waals surface area contributed by atoms with Crippen molar-refractivity contribution in [2.45, 2.75) is 24.7 Å². The van der Waals surface area contributed by atoms with E-state index < -0.39 is 12.2 Å². The Balaban J connectivity index is 1.67. The largest absolute Gasteiger partial charge is 0.394 e. The van der Waals surface area contributed by atoms with Crippen molar-refractivity contribution < 1.29 is 14.9 Å². The zero-order chi connectivity index (χ0) is 15.4. The lowest BCUT2D eigenvalue weighted by Crippen LogP contribution is -2.24. The summed E-state index contributed by atoms with van der Waals surface area (Å²) in [6, 6.07) is 18.3. The molecule has 1 saturated heterocycles. The maximum Gasteiger partial charge on any atom is 0.107 e. The van der Waals surface area contributed by atoms with E-state index in [1.165, 1.54) is 5.56 Å². The van der Waals surface area contributed by atoms with E-state index in [0.29, 0.717) is 6.42 Å². The highest BCUT2D eigenvalue weighted by Gasteiger charge is 2.33. The molecule has 1 aliphatic heterocycles. The van der Waals surface area contributed by atoms with Gasteiger partial charge < -0.3 is 14.9 Å². The average Bonchev–Trinajstić information content (AvgIpc) is 2.95. The first-order valence-corrected chi connectivity index (χ1v) is 7.54. The Kier molecular flexibility index (Phi) is 4.68. The summed E-state index contributed by atoms with van der Waals surface area (Å²) < 4.78 is 5.66. The second-order valence-corrected chi connectivity index (χ2v) is 5.56. The molecule has 3 nitrogen and oxygen atoms in total. The summed E-state index contributed by atoms with van der Waals surface area (Å²) in [7, 11) is 0. The van der Waals surface area contributed by atoms with Crippen LogP contribution in [0.15, 0.2) is 54.6 Å². The number of hydrogen-bond acceptors (Lipinski definition) is 3. The van der Waals surface area contributed by atoms with Gasteiger partial charge in [-0.1, -0.05) is 66.7 Å². The molecule has 114 valence electrons. The van der Waals surface area contributed by atoms with Crippen LogP contribution in [0.2, 0.25) is 0 Å². The van der Waals surface area contributed by atoms with Crippen molar-refractivity contribution in [1.82, 2.24) is 0 Å². The molecule has 0 saturated carbocycles. The van der Waals surface area contributed by atoms with Crippen LogP contribution >= 0.6 is 0 Å². The van der Waals surface area contributed by atoms with Gasteiger partial charge in [-0.15, -0.1) is 0 Å². The van der Waals surface area contributed by atoms with Gasteiger partial charge in [0.25, 0.3) is 0 Å². The first kappa shape index (κ1) is 15.0. The lowest BCUT2D eigenvalue weighted by molar-refractivity contribution is -0.0225. The van der Waals surface area contributed by atoms with Gasteiger partial charge in [0.2, 0.25) is 0 Å². The third-order valence-corrected chi connectivity index (χ3v) is 3.98. The third-order valence-electron chi connectivity index (χ3n) is 3.98. The number of benzene rings is 2. The molecular formula is C19H20O3. The highest BCUT2D eigenvalue weighted by atomic mass is 16.5. The molecule has 0 aliphatic carbocycles. The van der Waals surface area contributed by atoms with Crippen molar-refractivity contribution >= 4 is 12.2 Å². The summed E-state index contributed by atoms with van der Waals surface area (Å²) in [4.78, 5) is 0. The van der Waals surface area contributed by atoms with Crippen LogP contribution in [-0.2, 0) is 4.74 Å². The summed E-state index contributed by atoms with van der Waals surface area (Å²) in [5, 5.41) is 18.9. The van der Waals surface area contributed by atoms with E-state index in [0.717, 1.165) is 11.1 Å². The lowest BCUT2D eigenvalue weighted by atomic mass is 10.0. The van der Waals surface area contributed by atoms with E-state index in [-0.39, 0.29) is 12.7 Å². The van der Waals surface area contributed by atoms with Gasteiger partial charge in [0.1, 0.15) is 6.10 Å². The molecule has 1 fully saturated rings. The molecule has 2 aromatic rings. The zero-order valence-electron chi connectivity index (χ0n) is 12.3. The van der Waals surface area contributed by atoms with Crippen molar-refractivity contribution in [2.24, 2.45) is 0 Å². The Bertz CT molecular complexity index is 619. The molecule has 2 unspecified atom stereocenters. The van der Waals surface area contributed by atoms with Gasteiger partial charge in [-0.25, -0.2) is 0 Å². The second kappa shape index (κ2) is 6.88. The van der Waals surface area contributed by atoms with Gasteiger partial charge in [-0.2, -0.15) is 0 Å². The van der Waals surface area contributed by atoms with Crippen LogP contribution < -0.4 is 0 Å². The minimum Gasteiger partial charge on any atom is -0.394 e. The molecule has 2 N–H and O–H groups in total. The van der Waals surface area contributed by atoms with Crippen LogP contribution in [0.5, 0.6) is 0 Å². The highest BCUT2D eigenvalue weighted by Crippen LogP contribution is 2.33. The van der Waals surface area contributed by atoms with Crippen LogP contribution in [-0.4, -0.2) is 29.0 Å². The quantitative estimate of drug-likeness (QED) is 0.853. The smallest absolute Gasteiger partial charge is 0.107 e. The van der Waals surface area contributed by atoms with Crippen molar-refractivity contribution in [3.8, 4) is 0 Å². The monoisotopic (exact) mass is 296 g/mol. The molecule has 0 radical (unpaired) electrons. The Morgan fingerprint density at radius 2 is 1.59 bits per heavy atom. The molecule has 2 aromatic carbocycles. The number of ether oxygens (including phenoxy) is 1. The Morgan fingerprint density at radius 1 is 0.955 bits per heavy atom. The van der Waals surface area contributed by atoms with Gasteiger partial charge >= 0.3 is 0 Å². The summed E-state index contributed by atoms with van der Waals surface area (Å²) in [6.45, 7) is -0.143. The molecule has 3 heteroatoms. The topological polar surface area (TPSA) is 49.7 Å². The molecule has 0 aromatic heterocycles. The van der Waals surface area contributed by atoms with E-state index in [2.05, 4.69) is 24.3 Å². The van der Waals surface area contributed by atoms with Crippen LogP contribution in [0.25, 0.3) is 12.2 Å². The van der Waals surface area contributed by atoms with Crippen molar-refractivity contribution in [2.75, 3.05) is 6.61 Å². The number of aliphatic hydroxyl groups is 2. The third kappa shape index (κ3) is 3.45. The summed E-state index contributed by atoms with van der Waals surface area (Å²) >= 11 is 0. The van der Waals surface area contributed by atoms with Crippen LogP contribution in [0.3, 0.4) is 0 Å². The van der Waals surface area contributed by atoms with Crippen molar-refractivity contribution in [3.63, 3.8) is 0 Å². The number of rotatable bonds is 4. The van der Waals surface area contributed by atoms with Gasteiger partial charge in [0.15, 0.2) is 0 Å². The molecular weight excluding hydrogens is 276 g/mol. The molecule has 22 heavy (non-hydrogen) atoms. The van der Waals surface area contributed by atoms with E-state index in [9.17, 15) is 5.11 Å². The molecule has 1 aliphatic rings. The van der Waals surface area contributed by atoms with Gasteiger partial charge in [0.05, 0.1) is 18.8 Å². The van der Waals surface area contributed by atoms with Gasteiger partial charge in [-0.05, 0) is 16.7 Å². The fourth-order valence-corrected chi connectivity index (χ4v) is 2.69. The first-order chi connectivity index (χ1) is 10.8. The van der Waals surface area contributed by atoms with E-state index in [4.69, 9.17) is 9.84 Å². The second-order valence-electron chi connectivity index (χ2n) is 5.56. The summed E-state index contributed by atoms with van der Waals surface area (Å²) in [5.41, 5.74) is 3.32. The predicted molar refractivity (Wildman–Crippen MR) is 87.1 cm³/mol. The van der Waals surface area contributed by atoms with Gasteiger partial charge in [0, 0.05) is 6.42 Å². The van der Waals surface area contributed by atoms with Crippen LogP contribution in [0, 0.1) is 0 Å². The van der Waals surface area contributed by atoms with Gasteiger partial charge in [-0.3, -0.25) is 0 Å². The average molecular weight is 296 g/mol. The fraction of sp³-hybridized carbons (Fsp3) is 0.263. The first-order valence-electron chi connectivity index (χ1n) is 7.54. The van der Waals surface area contributed by atoms with Crippen LogP contribution in [0.1, 0.15) is 29.2 Å². The zero-order valence-corrected chi connectivity index (χ0v) is 12.3. The van der Waals surface area contributed by atoms with E-state index in [1.807, 2.05) is 42.5 Å². The predicted octanol–water partition coefficient (Wildman–Crippen LogP) is 3.04. The maximum absolute atomic E-state index is 9.79. The fourth-order valence-electron chi connectivity index (χ4n) is 2.69. The number of hydrogen-bond donors (Lipinski definition) is 2. The molecule has 3 atom stereocenters. The normalized spacial score (nSPS) is 24.9. The summed E-state index contributed by atoms with van der Waals surface area (Å²) in [6.07, 6.45) is 3.48. The molecule has 0 spiro atoms. The maximum atomic E-state index is 9.79. The Morgan fingerprint density at radius 3 is 2.18 bits per heavy atom. The molecule has 1 heterocycles. The minimum absolute atomic E-state index is 0.140. The Hall–Kier alpha value is -1.94. The highest BCUT2D eigenvalue weighted by molar-refractivity contribution is 5.69. The molecule has 3 rings (SSSR count).